The summed E-state index contributed by atoms with van der Waals surface area (Å²) in [6.07, 6.45) is 5.79. The van der Waals surface area contributed by atoms with Crippen LogP contribution in [0.25, 0.3) is 0 Å². The molecule has 2 aliphatic carbocycles. The van der Waals surface area contributed by atoms with Gasteiger partial charge in [-0.2, -0.15) is 4.31 Å². The predicted octanol–water partition coefficient (Wildman–Crippen LogP) is 2.96. The minimum absolute atomic E-state index is 0.0188. The highest BCUT2D eigenvalue weighted by atomic mass is 32.2. The molecule has 3 fully saturated rings. The second-order valence-electron chi connectivity index (χ2n) is 7.81. The lowest BCUT2D eigenvalue weighted by Crippen LogP contribution is -2.43. The molecule has 1 aliphatic heterocycles. The fraction of sp³-hybridized carbons (Fsp3) is 0.632. The maximum absolute atomic E-state index is 13.1. The van der Waals surface area contributed by atoms with Crippen molar-refractivity contribution in [2.45, 2.75) is 49.5 Å². The van der Waals surface area contributed by atoms with Gasteiger partial charge in [-0.05, 0) is 74.6 Å². The molecule has 0 radical (unpaired) electrons. The van der Waals surface area contributed by atoms with Crippen LogP contribution in [-0.2, 0) is 19.6 Å². The van der Waals surface area contributed by atoms with Gasteiger partial charge in [-0.1, -0.05) is 0 Å². The van der Waals surface area contributed by atoms with E-state index in [9.17, 15) is 17.6 Å². The monoisotopic (exact) mass is 381 g/mol. The van der Waals surface area contributed by atoms with Crippen LogP contribution < -0.4 is 0 Å². The summed E-state index contributed by atoms with van der Waals surface area (Å²) in [6, 6.07) is 4.80. The van der Waals surface area contributed by atoms with Crippen molar-refractivity contribution in [2.24, 2.45) is 17.8 Å². The predicted molar refractivity (Wildman–Crippen MR) is 93.2 cm³/mol. The van der Waals surface area contributed by atoms with Crippen molar-refractivity contribution in [3.63, 3.8) is 0 Å². The van der Waals surface area contributed by atoms with Crippen LogP contribution in [0.2, 0.25) is 0 Å². The molecule has 1 aromatic carbocycles. The van der Waals surface area contributed by atoms with Gasteiger partial charge in [0.15, 0.2) is 0 Å². The highest BCUT2D eigenvalue weighted by Crippen LogP contribution is 2.46. The van der Waals surface area contributed by atoms with E-state index in [4.69, 9.17) is 4.74 Å². The van der Waals surface area contributed by atoms with Crippen LogP contribution in [0.15, 0.2) is 29.2 Å². The minimum atomic E-state index is -3.72. The number of halogens is 1. The number of hydrogen-bond donors (Lipinski definition) is 0. The zero-order valence-corrected chi connectivity index (χ0v) is 15.5. The van der Waals surface area contributed by atoms with E-state index in [1.165, 1.54) is 22.9 Å². The summed E-state index contributed by atoms with van der Waals surface area (Å²) >= 11 is 0. The average Bonchev–Trinajstić information content (AvgIpc) is 3.25. The summed E-state index contributed by atoms with van der Waals surface area (Å²) in [5.74, 6) is 0.0284. The normalized spacial score (nSPS) is 31.9. The smallest absolute Gasteiger partial charge is 0.310 e. The number of piperidine rings is 1. The Balaban J connectivity index is 1.42. The number of fused-ring (bicyclic) bond motifs is 2. The highest BCUT2D eigenvalue weighted by Gasteiger charge is 2.43. The standard InChI is InChI=1S/C19H24FNO4S/c20-16-5-7-17(8-6-16)26(23,24)21-9-1-2-15(12-21)19(22)25-18-11-13-3-4-14(18)10-13/h5-8,13-15,18H,1-4,9-12H2. The molecular weight excluding hydrogens is 357 g/mol. The van der Waals surface area contributed by atoms with E-state index in [0.29, 0.717) is 31.2 Å². The number of carbonyl (C=O) groups is 1. The molecule has 4 unspecified atom stereocenters. The molecule has 0 N–H and O–H groups in total. The number of hydrogen-bond acceptors (Lipinski definition) is 4. The Morgan fingerprint density at radius 3 is 2.54 bits per heavy atom. The van der Waals surface area contributed by atoms with Gasteiger partial charge in [-0.25, -0.2) is 12.8 Å². The van der Waals surface area contributed by atoms with Gasteiger partial charge >= 0.3 is 5.97 Å². The van der Waals surface area contributed by atoms with Crippen LogP contribution in [-0.4, -0.2) is 37.9 Å². The van der Waals surface area contributed by atoms with Gasteiger partial charge in [-0.15, -0.1) is 0 Å². The molecular formula is C19H24FNO4S. The number of rotatable bonds is 4. The summed E-state index contributed by atoms with van der Waals surface area (Å²) in [4.78, 5) is 12.6. The number of ether oxygens (including phenoxy) is 1. The Morgan fingerprint density at radius 2 is 1.88 bits per heavy atom. The van der Waals surface area contributed by atoms with E-state index in [-0.39, 0.29) is 23.5 Å². The van der Waals surface area contributed by atoms with E-state index in [2.05, 4.69) is 0 Å². The SMILES string of the molecule is O=C(OC1CC2CCC1C2)C1CCCN(S(=O)(=O)c2ccc(F)cc2)C1. The summed E-state index contributed by atoms with van der Waals surface area (Å²) < 4.78 is 45.7. The molecule has 3 aliphatic rings. The lowest BCUT2D eigenvalue weighted by atomic mass is 9.96. The van der Waals surface area contributed by atoms with Crippen molar-refractivity contribution in [3.05, 3.63) is 30.1 Å². The molecule has 5 nitrogen and oxygen atoms in total. The maximum atomic E-state index is 13.1. The third-order valence-corrected chi connectivity index (χ3v) is 7.99. The van der Waals surface area contributed by atoms with Crippen LogP contribution in [0.1, 0.15) is 38.5 Å². The summed E-state index contributed by atoms with van der Waals surface area (Å²) in [7, 11) is -3.72. The van der Waals surface area contributed by atoms with Crippen LogP contribution in [0.4, 0.5) is 4.39 Å². The molecule has 0 spiro atoms. The van der Waals surface area contributed by atoms with Crippen molar-refractivity contribution in [1.29, 1.82) is 0 Å². The summed E-state index contributed by atoms with van der Waals surface area (Å²) in [5, 5.41) is 0. The number of benzene rings is 1. The molecule has 1 saturated heterocycles. The van der Waals surface area contributed by atoms with Gasteiger partial charge in [0.25, 0.3) is 0 Å². The maximum Gasteiger partial charge on any atom is 0.310 e. The highest BCUT2D eigenvalue weighted by molar-refractivity contribution is 7.89. The van der Waals surface area contributed by atoms with E-state index < -0.39 is 21.8 Å². The number of sulfonamides is 1. The molecule has 142 valence electrons. The van der Waals surface area contributed by atoms with Gasteiger partial charge in [-0.3, -0.25) is 4.79 Å². The van der Waals surface area contributed by atoms with Crippen LogP contribution in [0, 0.1) is 23.6 Å². The summed E-state index contributed by atoms with van der Waals surface area (Å²) in [6.45, 7) is 0.511. The zero-order chi connectivity index (χ0) is 18.3. The van der Waals surface area contributed by atoms with Gasteiger partial charge < -0.3 is 4.74 Å². The van der Waals surface area contributed by atoms with E-state index in [0.717, 1.165) is 31.4 Å². The van der Waals surface area contributed by atoms with Crippen molar-refractivity contribution >= 4 is 16.0 Å². The van der Waals surface area contributed by atoms with Gasteiger partial charge in [0.1, 0.15) is 11.9 Å². The first-order valence-electron chi connectivity index (χ1n) is 9.39. The first-order valence-corrected chi connectivity index (χ1v) is 10.8. The van der Waals surface area contributed by atoms with Gasteiger partial charge in [0, 0.05) is 13.1 Å². The van der Waals surface area contributed by atoms with Crippen LogP contribution in [0.3, 0.4) is 0 Å². The Kier molecular flexibility index (Phi) is 4.77. The average molecular weight is 381 g/mol. The van der Waals surface area contributed by atoms with Gasteiger partial charge in [0.2, 0.25) is 10.0 Å². The van der Waals surface area contributed by atoms with Crippen molar-refractivity contribution in [1.82, 2.24) is 4.31 Å². The Morgan fingerprint density at radius 1 is 1.12 bits per heavy atom. The zero-order valence-electron chi connectivity index (χ0n) is 14.6. The fourth-order valence-corrected chi connectivity index (χ4v) is 6.21. The lowest BCUT2D eigenvalue weighted by Gasteiger charge is -2.32. The molecule has 1 aromatic rings. The molecule has 4 rings (SSSR count). The second-order valence-corrected chi connectivity index (χ2v) is 9.74. The Bertz CT molecular complexity index is 779. The van der Waals surface area contributed by atoms with Crippen molar-refractivity contribution < 1.29 is 22.3 Å². The van der Waals surface area contributed by atoms with Gasteiger partial charge in [0.05, 0.1) is 10.8 Å². The molecule has 0 amide bonds. The third kappa shape index (κ3) is 3.39. The first-order chi connectivity index (χ1) is 12.4. The molecule has 4 atom stereocenters. The van der Waals surface area contributed by atoms with Crippen LogP contribution in [0.5, 0.6) is 0 Å². The van der Waals surface area contributed by atoms with Crippen molar-refractivity contribution in [2.75, 3.05) is 13.1 Å². The fourth-order valence-electron chi connectivity index (χ4n) is 4.68. The summed E-state index contributed by atoms with van der Waals surface area (Å²) in [5.41, 5.74) is 0. The van der Waals surface area contributed by atoms with Crippen LogP contribution >= 0.6 is 0 Å². The minimum Gasteiger partial charge on any atom is -0.462 e. The van der Waals surface area contributed by atoms with Crippen molar-refractivity contribution in [3.8, 4) is 0 Å². The lowest BCUT2D eigenvalue weighted by molar-refractivity contribution is -0.157. The molecule has 2 bridgehead atoms. The third-order valence-electron chi connectivity index (χ3n) is 6.11. The quantitative estimate of drug-likeness (QED) is 0.752. The molecule has 26 heavy (non-hydrogen) atoms. The number of nitrogens with zero attached hydrogens (tertiary/aromatic N) is 1. The van der Waals surface area contributed by atoms with E-state index >= 15 is 0 Å². The van der Waals surface area contributed by atoms with E-state index in [1.54, 1.807) is 0 Å². The largest absolute Gasteiger partial charge is 0.462 e. The Labute approximate surface area is 153 Å². The molecule has 0 aromatic heterocycles. The molecule has 2 saturated carbocycles. The number of carbonyl (C=O) groups excluding carboxylic acids is 1. The topological polar surface area (TPSA) is 63.7 Å². The number of esters is 1. The van der Waals surface area contributed by atoms with E-state index in [1.807, 2.05) is 0 Å². The Hall–Kier alpha value is -1.47. The molecule has 7 heteroatoms. The second kappa shape index (κ2) is 6.93. The first kappa shape index (κ1) is 17.9. The molecule has 1 heterocycles.